The van der Waals surface area contributed by atoms with E-state index in [1.165, 1.54) is 16.5 Å². The minimum atomic E-state index is -0.196. The number of furan rings is 2. The van der Waals surface area contributed by atoms with Gasteiger partial charge in [0.15, 0.2) is 0 Å². The van der Waals surface area contributed by atoms with Crippen molar-refractivity contribution in [3.05, 3.63) is 90.0 Å². The van der Waals surface area contributed by atoms with E-state index in [4.69, 9.17) is 13.8 Å². The highest BCUT2D eigenvalue weighted by atomic mass is 16.3. The Morgan fingerprint density at radius 1 is 0.613 bits per heavy atom. The second-order valence-corrected chi connectivity index (χ2v) is 8.80. The molecule has 0 bridgehead atoms. The number of benzene rings is 3. The largest absolute Gasteiger partial charge is 0.456 e. The van der Waals surface area contributed by atoms with Crippen molar-refractivity contribution in [1.29, 1.82) is 0 Å². The predicted octanol–water partition coefficient (Wildman–Crippen LogP) is 7.70. The molecular formula is C28H19NO2. The molecule has 3 heterocycles. The van der Waals surface area contributed by atoms with Crippen LogP contribution in [0.4, 0.5) is 0 Å². The molecule has 1 aliphatic carbocycles. The molecule has 1 aliphatic rings. The third-order valence-corrected chi connectivity index (χ3v) is 6.67. The van der Waals surface area contributed by atoms with Crippen molar-refractivity contribution in [2.45, 2.75) is 19.3 Å². The molecule has 0 unspecified atom stereocenters. The van der Waals surface area contributed by atoms with Crippen molar-refractivity contribution in [3.63, 3.8) is 0 Å². The summed E-state index contributed by atoms with van der Waals surface area (Å²) in [5.74, 6) is 0.980. The summed E-state index contributed by atoms with van der Waals surface area (Å²) in [4.78, 5) is 4.94. The van der Waals surface area contributed by atoms with E-state index >= 15 is 0 Å². The van der Waals surface area contributed by atoms with Gasteiger partial charge in [-0.05, 0) is 29.8 Å². The van der Waals surface area contributed by atoms with Gasteiger partial charge in [0.25, 0.3) is 0 Å². The number of rotatable bonds is 1. The van der Waals surface area contributed by atoms with Gasteiger partial charge in [-0.2, -0.15) is 0 Å². The number of hydrogen-bond acceptors (Lipinski definition) is 3. The molecule has 0 saturated heterocycles. The standard InChI is InChI=1S/C28H19NO2/c1-28(2)24-18(21-15-14-17-16-8-3-5-12-22(16)31-27(17)29-21)10-7-11-20(24)26-25(28)19-9-4-6-13-23(19)30-26/h3-15H,1-2H3. The molecule has 31 heavy (non-hydrogen) atoms. The normalized spacial score (nSPS) is 14.4. The molecule has 3 aromatic carbocycles. The number of fused-ring (bicyclic) bond motifs is 8. The fraction of sp³-hybridized carbons (Fsp3) is 0.107. The van der Waals surface area contributed by atoms with Crippen molar-refractivity contribution in [2.24, 2.45) is 0 Å². The maximum Gasteiger partial charge on any atom is 0.227 e. The summed E-state index contributed by atoms with van der Waals surface area (Å²) in [6, 6.07) is 27.0. The molecule has 3 aromatic heterocycles. The van der Waals surface area contributed by atoms with Crippen LogP contribution in [-0.4, -0.2) is 4.98 Å². The SMILES string of the molecule is CC1(C)c2c(-c3ccc4c(n3)oc3ccccc34)cccc2-c2oc3ccccc3c21. The number of para-hydroxylation sites is 2. The summed E-state index contributed by atoms with van der Waals surface area (Å²) in [5, 5.41) is 3.33. The fourth-order valence-corrected chi connectivity index (χ4v) is 5.36. The molecule has 0 radical (unpaired) electrons. The lowest BCUT2D eigenvalue weighted by atomic mass is 9.78. The molecular weight excluding hydrogens is 382 g/mol. The zero-order valence-electron chi connectivity index (χ0n) is 17.3. The minimum absolute atomic E-state index is 0.196. The van der Waals surface area contributed by atoms with Crippen LogP contribution in [-0.2, 0) is 5.41 Å². The lowest BCUT2D eigenvalue weighted by Gasteiger charge is -2.23. The van der Waals surface area contributed by atoms with Crippen molar-refractivity contribution in [2.75, 3.05) is 0 Å². The topological polar surface area (TPSA) is 39.2 Å². The van der Waals surface area contributed by atoms with E-state index in [0.717, 1.165) is 44.5 Å². The quantitative estimate of drug-likeness (QED) is 0.283. The monoisotopic (exact) mass is 401 g/mol. The first kappa shape index (κ1) is 16.9. The fourth-order valence-electron chi connectivity index (χ4n) is 5.36. The zero-order chi connectivity index (χ0) is 20.7. The first-order valence-corrected chi connectivity index (χ1v) is 10.6. The molecule has 3 heteroatoms. The predicted molar refractivity (Wildman–Crippen MR) is 124 cm³/mol. The Morgan fingerprint density at radius 2 is 1.32 bits per heavy atom. The van der Waals surface area contributed by atoms with Crippen molar-refractivity contribution >= 4 is 33.0 Å². The van der Waals surface area contributed by atoms with E-state index in [2.05, 4.69) is 62.4 Å². The van der Waals surface area contributed by atoms with Crippen molar-refractivity contribution in [1.82, 2.24) is 4.98 Å². The van der Waals surface area contributed by atoms with Crippen LogP contribution in [0.3, 0.4) is 0 Å². The molecule has 0 N–H and O–H groups in total. The Kier molecular flexibility index (Phi) is 3.07. The van der Waals surface area contributed by atoms with Gasteiger partial charge in [-0.25, -0.2) is 4.98 Å². The number of aromatic nitrogens is 1. The third kappa shape index (κ3) is 2.10. The summed E-state index contributed by atoms with van der Waals surface area (Å²) in [7, 11) is 0. The number of pyridine rings is 1. The average Bonchev–Trinajstić information content (AvgIpc) is 3.42. The Labute approximate surface area is 178 Å². The molecule has 0 atom stereocenters. The van der Waals surface area contributed by atoms with Crippen LogP contribution in [0.25, 0.3) is 55.6 Å². The highest BCUT2D eigenvalue weighted by molar-refractivity contribution is 6.04. The van der Waals surface area contributed by atoms with Crippen LogP contribution in [0.1, 0.15) is 25.0 Å². The van der Waals surface area contributed by atoms with Gasteiger partial charge in [-0.3, -0.25) is 0 Å². The van der Waals surface area contributed by atoms with Crippen LogP contribution in [0.5, 0.6) is 0 Å². The molecule has 0 fully saturated rings. The van der Waals surface area contributed by atoms with Crippen molar-refractivity contribution < 1.29 is 8.83 Å². The second kappa shape index (κ2) is 5.64. The summed E-state index contributed by atoms with van der Waals surface area (Å²) in [6.07, 6.45) is 0. The lowest BCUT2D eigenvalue weighted by molar-refractivity contribution is 0.619. The first-order valence-electron chi connectivity index (χ1n) is 10.6. The molecule has 0 aliphatic heterocycles. The molecule has 0 spiro atoms. The summed E-state index contributed by atoms with van der Waals surface area (Å²) in [5.41, 5.74) is 8.01. The maximum atomic E-state index is 6.33. The van der Waals surface area contributed by atoms with E-state index < -0.39 is 0 Å². The number of nitrogens with zero attached hydrogens (tertiary/aromatic N) is 1. The van der Waals surface area contributed by atoms with Gasteiger partial charge in [0.05, 0.1) is 5.69 Å². The zero-order valence-corrected chi connectivity index (χ0v) is 17.3. The van der Waals surface area contributed by atoms with Crippen LogP contribution in [0, 0.1) is 0 Å². The number of hydrogen-bond donors (Lipinski definition) is 0. The Morgan fingerprint density at radius 3 is 2.16 bits per heavy atom. The Balaban J connectivity index is 1.50. The van der Waals surface area contributed by atoms with E-state index in [9.17, 15) is 0 Å². The smallest absolute Gasteiger partial charge is 0.227 e. The second-order valence-electron chi connectivity index (χ2n) is 8.80. The molecule has 6 aromatic rings. The average molecular weight is 401 g/mol. The third-order valence-electron chi connectivity index (χ3n) is 6.67. The molecule has 0 amide bonds. The summed E-state index contributed by atoms with van der Waals surface area (Å²) >= 11 is 0. The summed E-state index contributed by atoms with van der Waals surface area (Å²) in [6.45, 7) is 4.56. The highest BCUT2D eigenvalue weighted by Crippen LogP contribution is 2.55. The Hall–Kier alpha value is -3.85. The van der Waals surface area contributed by atoms with E-state index in [1.807, 2.05) is 30.3 Å². The lowest BCUT2D eigenvalue weighted by Crippen LogP contribution is -2.16. The van der Waals surface area contributed by atoms with Gasteiger partial charge in [0, 0.05) is 38.3 Å². The molecule has 7 rings (SSSR count). The Bertz CT molecular complexity index is 1670. The van der Waals surface area contributed by atoms with Gasteiger partial charge in [-0.1, -0.05) is 68.4 Å². The van der Waals surface area contributed by atoms with Gasteiger partial charge < -0.3 is 8.83 Å². The highest BCUT2D eigenvalue weighted by Gasteiger charge is 2.42. The van der Waals surface area contributed by atoms with Crippen LogP contribution >= 0.6 is 0 Å². The van der Waals surface area contributed by atoms with Crippen molar-refractivity contribution in [3.8, 4) is 22.6 Å². The van der Waals surface area contributed by atoms with Gasteiger partial charge >= 0.3 is 0 Å². The van der Waals surface area contributed by atoms with Crippen LogP contribution < -0.4 is 0 Å². The van der Waals surface area contributed by atoms with E-state index in [-0.39, 0.29) is 5.41 Å². The first-order chi connectivity index (χ1) is 15.1. The maximum absolute atomic E-state index is 6.33. The van der Waals surface area contributed by atoms with Crippen LogP contribution in [0.2, 0.25) is 0 Å². The van der Waals surface area contributed by atoms with E-state index in [0.29, 0.717) is 5.71 Å². The van der Waals surface area contributed by atoms with Crippen LogP contribution in [0.15, 0.2) is 87.7 Å². The van der Waals surface area contributed by atoms with E-state index in [1.54, 1.807) is 0 Å². The molecule has 3 nitrogen and oxygen atoms in total. The van der Waals surface area contributed by atoms with Gasteiger partial charge in [0.1, 0.15) is 16.9 Å². The summed E-state index contributed by atoms with van der Waals surface area (Å²) < 4.78 is 12.4. The van der Waals surface area contributed by atoms with Gasteiger partial charge in [0.2, 0.25) is 5.71 Å². The minimum Gasteiger partial charge on any atom is -0.456 e. The van der Waals surface area contributed by atoms with Gasteiger partial charge in [-0.15, -0.1) is 0 Å². The molecule has 0 saturated carbocycles. The molecule has 148 valence electrons.